The number of para-hydroxylation sites is 1. The predicted molar refractivity (Wildman–Crippen MR) is 66.7 cm³/mol. The second kappa shape index (κ2) is 4.64. The molecule has 0 aliphatic carbocycles. The lowest BCUT2D eigenvalue weighted by molar-refractivity contribution is 1.30. The van der Waals surface area contributed by atoms with Crippen molar-refractivity contribution in [1.29, 1.82) is 0 Å². The smallest absolute Gasteiger partial charge is 0.152 e. The molecule has 15 heavy (non-hydrogen) atoms. The Balaban J connectivity index is 2.28. The molecule has 2 nitrogen and oxygen atoms in total. The normalized spacial score (nSPS) is 10.0. The zero-order valence-electron chi connectivity index (χ0n) is 7.74. The van der Waals surface area contributed by atoms with E-state index in [1.165, 1.54) is 0 Å². The minimum Gasteiger partial charge on any atom is -0.353 e. The summed E-state index contributed by atoms with van der Waals surface area (Å²) in [6, 6.07) is 11.7. The first kappa shape index (κ1) is 10.5. The molecule has 2 aromatic rings. The predicted octanol–water partition coefficient (Wildman–Crippen LogP) is 4.24. The lowest BCUT2D eigenvalue weighted by Crippen LogP contribution is -1.92. The van der Waals surface area contributed by atoms with E-state index in [0.717, 1.165) is 15.8 Å². The summed E-state index contributed by atoms with van der Waals surface area (Å²) in [6.07, 6.45) is 1.67. The number of hydrogen-bond donors (Lipinski definition) is 1. The number of nitrogens with one attached hydrogen (secondary N) is 1. The summed E-state index contributed by atoms with van der Waals surface area (Å²) in [5.41, 5.74) is 1.77. The molecule has 0 atom stereocenters. The highest BCUT2D eigenvalue weighted by Gasteiger charge is 2.02. The molecule has 0 bridgehead atoms. The van der Waals surface area contributed by atoms with Gasteiger partial charge in [-0.2, -0.15) is 0 Å². The zero-order valence-corrected chi connectivity index (χ0v) is 10.1. The number of anilines is 2. The van der Waals surface area contributed by atoms with E-state index in [2.05, 4.69) is 26.2 Å². The Morgan fingerprint density at radius 3 is 2.67 bits per heavy atom. The molecule has 4 heteroatoms. The van der Waals surface area contributed by atoms with Crippen molar-refractivity contribution in [3.8, 4) is 0 Å². The van der Waals surface area contributed by atoms with Crippen LogP contribution in [-0.4, -0.2) is 4.98 Å². The number of benzene rings is 1. The molecule has 0 saturated heterocycles. The first-order valence-electron chi connectivity index (χ1n) is 4.39. The van der Waals surface area contributed by atoms with Crippen LogP contribution in [-0.2, 0) is 0 Å². The van der Waals surface area contributed by atoms with Gasteiger partial charge < -0.3 is 5.32 Å². The standard InChI is InChI=1S/C11H8BrClN2/c12-8-6-10(11(13)14-7-8)15-9-4-2-1-3-5-9/h1-7,15H. The SMILES string of the molecule is Clc1ncc(Br)cc1Nc1ccccc1. The van der Waals surface area contributed by atoms with E-state index in [4.69, 9.17) is 11.6 Å². The van der Waals surface area contributed by atoms with Gasteiger partial charge in [-0.3, -0.25) is 0 Å². The molecule has 0 aliphatic rings. The molecule has 0 radical (unpaired) electrons. The number of halogens is 2. The third kappa shape index (κ3) is 2.70. The van der Waals surface area contributed by atoms with E-state index in [1.807, 2.05) is 36.4 Å². The minimum atomic E-state index is 0.460. The van der Waals surface area contributed by atoms with Gasteiger partial charge in [-0.15, -0.1) is 0 Å². The van der Waals surface area contributed by atoms with Crippen LogP contribution in [0, 0.1) is 0 Å². The average Bonchev–Trinajstić information content (AvgIpc) is 2.25. The van der Waals surface area contributed by atoms with E-state index in [0.29, 0.717) is 5.15 Å². The van der Waals surface area contributed by atoms with Crippen LogP contribution in [0.15, 0.2) is 47.1 Å². The van der Waals surface area contributed by atoms with Gasteiger partial charge in [-0.05, 0) is 34.1 Å². The number of nitrogens with zero attached hydrogens (tertiary/aromatic N) is 1. The maximum atomic E-state index is 5.95. The van der Waals surface area contributed by atoms with Gasteiger partial charge in [-0.25, -0.2) is 4.98 Å². The van der Waals surface area contributed by atoms with Crippen molar-refractivity contribution >= 4 is 38.9 Å². The van der Waals surface area contributed by atoms with Crippen LogP contribution >= 0.6 is 27.5 Å². The molecule has 1 aromatic heterocycles. The highest BCUT2D eigenvalue weighted by Crippen LogP contribution is 2.26. The lowest BCUT2D eigenvalue weighted by atomic mass is 10.3. The van der Waals surface area contributed by atoms with Crippen LogP contribution in [0.1, 0.15) is 0 Å². The molecule has 76 valence electrons. The summed E-state index contributed by atoms with van der Waals surface area (Å²) in [5.74, 6) is 0. The fourth-order valence-electron chi connectivity index (χ4n) is 1.19. The van der Waals surface area contributed by atoms with Gasteiger partial charge in [0.05, 0.1) is 5.69 Å². The number of pyridine rings is 1. The Kier molecular flexibility index (Phi) is 3.23. The molecule has 1 heterocycles. The van der Waals surface area contributed by atoms with Gasteiger partial charge in [0.25, 0.3) is 0 Å². The van der Waals surface area contributed by atoms with E-state index < -0.39 is 0 Å². The van der Waals surface area contributed by atoms with Gasteiger partial charge in [-0.1, -0.05) is 29.8 Å². The highest BCUT2D eigenvalue weighted by molar-refractivity contribution is 9.10. The van der Waals surface area contributed by atoms with E-state index in [9.17, 15) is 0 Å². The molecule has 0 amide bonds. The van der Waals surface area contributed by atoms with Gasteiger partial charge in [0, 0.05) is 16.4 Å². The van der Waals surface area contributed by atoms with E-state index in [-0.39, 0.29) is 0 Å². The number of aromatic nitrogens is 1. The largest absolute Gasteiger partial charge is 0.353 e. The summed E-state index contributed by atoms with van der Waals surface area (Å²) in [6.45, 7) is 0. The molecular weight excluding hydrogens is 275 g/mol. The van der Waals surface area contributed by atoms with Crippen molar-refractivity contribution < 1.29 is 0 Å². The van der Waals surface area contributed by atoms with Crippen molar-refractivity contribution in [3.63, 3.8) is 0 Å². The van der Waals surface area contributed by atoms with Crippen LogP contribution in [0.5, 0.6) is 0 Å². The Bertz CT molecular complexity index is 459. The monoisotopic (exact) mass is 282 g/mol. The maximum Gasteiger partial charge on any atom is 0.152 e. The lowest BCUT2D eigenvalue weighted by Gasteiger charge is -2.07. The van der Waals surface area contributed by atoms with Gasteiger partial charge in [0.15, 0.2) is 5.15 Å². The molecular formula is C11H8BrClN2. The Morgan fingerprint density at radius 2 is 1.93 bits per heavy atom. The van der Waals surface area contributed by atoms with Crippen LogP contribution < -0.4 is 5.32 Å². The second-order valence-electron chi connectivity index (χ2n) is 2.98. The second-order valence-corrected chi connectivity index (χ2v) is 4.26. The molecule has 0 fully saturated rings. The third-order valence-electron chi connectivity index (χ3n) is 1.86. The summed E-state index contributed by atoms with van der Waals surface area (Å²) in [7, 11) is 0. The number of hydrogen-bond acceptors (Lipinski definition) is 2. The topological polar surface area (TPSA) is 24.9 Å². The van der Waals surface area contributed by atoms with Crippen molar-refractivity contribution in [2.75, 3.05) is 5.32 Å². The van der Waals surface area contributed by atoms with E-state index >= 15 is 0 Å². The molecule has 2 rings (SSSR count). The van der Waals surface area contributed by atoms with Crippen molar-refractivity contribution in [1.82, 2.24) is 4.98 Å². The first-order valence-corrected chi connectivity index (χ1v) is 5.56. The Hall–Kier alpha value is -1.06. The van der Waals surface area contributed by atoms with Crippen LogP contribution in [0.3, 0.4) is 0 Å². The fourth-order valence-corrected chi connectivity index (χ4v) is 1.67. The average molecular weight is 284 g/mol. The quantitative estimate of drug-likeness (QED) is 0.834. The van der Waals surface area contributed by atoms with Crippen molar-refractivity contribution in [2.24, 2.45) is 0 Å². The highest BCUT2D eigenvalue weighted by atomic mass is 79.9. The fraction of sp³-hybridized carbons (Fsp3) is 0. The summed E-state index contributed by atoms with van der Waals surface area (Å²) in [4.78, 5) is 4.03. The Labute approximate surface area is 101 Å². The third-order valence-corrected chi connectivity index (χ3v) is 2.59. The summed E-state index contributed by atoms with van der Waals surface area (Å²) in [5, 5.41) is 3.65. The van der Waals surface area contributed by atoms with Crippen molar-refractivity contribution in [3.05, 3.63) is 52.2 Å². The molecule has 0 spiro atoms. The van der Waals surface area contributed by atoms with Crippen LogP contribution in [0.25, 0.3) is 0 Å². The molecule has 1 N–H and O–H groups in total. The summed E-state index contributed by atoms with van der Waals surface area (Å²) >= 11 is 9.30. The van der Waals surface area contributed by atoms with E-state index in [1.54, 1.807) is 6.20 Å². The van der Waals surface area contributed by atoms with Gasteiger partial charge >= 0.3 is 0 Å². The maximum absolute atomic E-state index is 5.95. The van der Waals surface area contributed by atoms with Crippen LogP contribution in [0.4, 0.5) is 11.4 Å². The summed E-state index contributed by atoms with van der Waals surface area (Å²) < 4.78 is 0.894. The van der Waals surface area contributed by atoms with Gasteiger partial charge in [0.2, 0.25) is 0 Å². The molecule has 0 unspecified atom stereocenters. The number of rotatable bonds is 2. The Morgan fingerprint density at radius 1 is 1.20 bits per heavy atom. The molecule has 0 aliphatic heterocycles. The van der Waals surface area contributed by atoms with Crippen molar-refractivity contribution in [2.45, 2.75) is 0 Å². The van der Waals surface area contributed by atoms with Crippen LogP contribution in [0.2, 0.25) is 5.15 Å². The minimum absolute atomic E-state index is 0.460. The first-order chi connectivity index (χ1) is 7.25. The molecule has 1 aromatic carbocycles. The zero-order chi connectivity index (χ0) is 10.7. The molecule has 0 saturated carbocycles. The van der Waals surface area contributed by atoms with Gasteiger partial charge in [0.1, 0.15) is 0 Å².